The Balaban J connectivity index is 2.39. The van der Waals surface area contributed by atoms with Crippen LogP contribution < -0.4 is 0 Å². The van der Waals surface area contributed by atoms with Gasteiger partial charge in [0.25, 0.3) is 10.1 Å². The zero-order chi connectivity index (χ0) is 13.9. The van der Waals surface area contributed by atoms with Gasteiger partial charge < -0.3 is 0 Å². The third-order valence-electron chi connectivity index (χ3n) is 3.16. The normalized spacial score (nSPS) is 13.4. The molecule has 0 saturated carbocycles. The Morgan fingerprint density at radius 3 is 2.53 bits per heavy atom. The van der Waals surface area contributed by atoms with E-state index in [1.807, 2.05) is 24.4 Å². The molecule has 1 heterocycles. The molecule has 1 N–H and O–H groups in total. The van der Waals surface area contributed by atoms with Crippen LogP contribution in [-0.2, 0) is 16.5 Å². The Bertz CT molecular complexity index is 630. The average Bonchev–Trinajstić information content (AvgIpc) is 2.88. The minimum Gasteiger partial charge on any atom is -0.282 e. The molecule has 0 fully saturated rings. The van der Waals surface area contributed by atoms with Gasteiger partial charge in [-0.1, -0.05) is 31.2 Å². The van der Waals surface area contributed by atoms with E-state index >= 15 is 0 Å². The molecule has 3 nitrogen and oxygen atoms in total. The summed E-state index contributed by atoms with van der Waals surface area (Å²) in [5.41, 5.74) is 0.695. The van der Waals surface area contributed by atoms with Gasteiger partial charge in [-0.3, -0.25) is 4.55 Å². The van der Waals surface area contributed by atoms with Crippen LogP contribution in [0.5, 0.6) is 0 Å². The molecule has 0 radical (unpaired) electrons. The largest absolute Gasteiger partial charge is 0.294 e. The van der Waals surface area contributed by atoms with Crippen molar-refractivity contribution in [2.24, 2.45) is 0 Å². The van der Waals surface area contributed by atoms with Crippen LogP contribution in [0.3, 0.4) is 0 Å². The quantitative estimate of drug-likeness (QED) is 0.855. The monoisotopic (exact) mass is 296 g/mol. The Hall–Kier alpha value is -1.17. The highest BCUT2D eigenvalue weighted by molar-refractivity contribution is 7.85. The molecule has 2 aromatic rings. The number of thiophene rings is 1. The molecular formula is C14H16O3S2. The van der Waals surface area contributed by atoms with Crippen molar-refractivity contribution in [2.45, 2.75) is 30.6 Å². The van der Waals surface area contributed by atoms with E-state index < -0.39 is 10.1 Å². The van der Waals surface area contributed by atoms with Gasteiger partial charge in [-0.2, -0.15) is 8.42 Å². The highest BCUT2D eigenvalue weighted by Gasteiger charge is 2.21. The molecule has 1 unspecified atom stereocenters. The molecule has 102 valence electrons. The SMILES string of the molecule is CCC(Cc1cccs1)c1ccccc1S(=O)(=O)O. The third kappa shape index (κ3) is 3.43. The maximum absolute atomic E-state index is 11.4. The topological polar surface area (TPSA) is 54.4 Å². The fourth-order valence-corrected chi connectivity index (χ4v) is 3.77. The summed E-state index contributed by atoms with van der Waals surface area (Å²) in [7, 11) is -4.16. The van der Waals surface area contributed by atoms with Gasteiger partial charge in [0.05, 0.1) is 4.90 Å². The summed E-state index contributed by atoms with van der Waals surface area (Å²) in [4.78, 5) is 1.25. The van der Waals surface area contributed by atoms with Crippen molar-refractivity contribution in [1.29, 1.82) is 0 Å². The Labute approximate surface area is 117 Å². The Kier molecular flexibility index (Phi) is 4.39. The van der Waals surface area contributed by atoms with Gasteiger partial charge in [-0.05, 0) is 41.8 Å². The maximum atomic E-state index is 11.4. The first kappa shape index (κ1) is 14.2. The van der Waals surface area contributed by atoms with E-state index in [-0.39, 0.29) is 10.8 Å². The van der Waals surface area contributed by atoms with Gasteiger partial charge in [-0.25, -0.2) is 0 Å². The van der Waals surface area contributed by atoms with Crippen molar-refractivity contribution < 1.29 is 13.0 Å². The van der Waals surface area contributed by atoms with E-state index in [1.165, 1.54) is 10.9 Å². The number of benzene rings is 1. The Morgan fingerprint density at radius 1 is 1.21 bits per heavy atom. The summed E-state index contributed by atoms with van der Waals surface area (Å²) in [6, 6.07) is 10.7. The molecule has 0 saturated heterocycles. The second kappa shape index (κ2) is 5.86. The maximum Gasteiger partial charge on any atom is 0.294 e. The van der Waals surface area contributed by atoms with E-state index in [4.69, 9.17) is 0 Å². The lowest BCUT2D eigenvalue weighted by molar-refractivity contribution is 0.480. The first-order valence-corrected chi connectivity index (χ1v) is 8.43. The van der Waals surface area contributed by atoms with Crippen LogP contribution in [0.2, 0.25) is 0 Å². The third-order valence-corrected chi connectivity index (χ3v) is 4.98. The summed E-state index contributed by atoms with van der Waals surface area (Å²) in [5.74, 6) is 0.0942. The van der Waals surface area contributed by atoms with Gasteiger partial charge in [0.1, 0.15) is 0 Å². The van der Waals surface area contributed by atoms with Crippen molar-refractivity contribution in [2.75, 3.05) is 0 Å². The lowest BCUT2D eigenvalue weighted by Gasteiger charge is -2.17. The van der Waals surface area contributed by atoms with Gasteiger partial charge in [-0.15, -0.1) is 11.3 Å². The van der Waals surface area contributed by atoms with Crippen molar-refractivity contribution in [3.63, 3.8) is 0 Å². The van der Waals surface area contributed by atoms with Crippen LogP contribution in [0.1, 0.15) is 29.7 Å². The number of hydrogen-bond donors (Lipinski definition) is 1. The zero-order valence-corrected chi connectivity index (χ0v) is 12.2. The van der Waals surface area contributed by atoms with Gasteiger partial charge >= 0.3 is 0 Å². The molecule has 1 aromatic carbocycles. The minimum absolute atomic E-state index is 0.0263. The minimum atomic E-state index is -4.16. The Morgan fingerprint density at radius 2 is 1.95 bits per heavy atom. The lowest BCUT2D eigenvalue weighted by atomic mass is 9.92. The molecule has 0 aliphatic carbocycles. The first-order valence-electron chi connectivity index (χ1n) is 6.11. The molecule has 1 atom stereocenters. The predicted octanol–water partition coefficient (Wildman–Crippen LogP) is 3.73. The fourth-order valence-electron chi connectivity index (χ4n) is 2.20. The standard InChI is InChI=1S/C14H16O3S2/c1-2-11(10-12-6-5-9-18-12)13-7-3-4-8-14(13)19(15,16)17/h3-9,11H,2,10H2,1H3,(H,15,16,17). The summed E-state index contributed by atoms with van der Waals surface area (Å²) in [6.07, 6.45) is 1.62. The molecule has 0 spiro atoms. The van der Waals surface area contributed by atoms with E-state index in [0.717, 1.165) is 12.8 Å². The molecular weight excluding hydrogens is 280 g/mol. The van der Waals surface area contributed by atoms with E-state index in [0.29, 0.717) is 5.56 Å². The van der Waals surface area contributed by atoms with Gasteiger partial charge in [0, 0.05) is 4.88 Å². The molecule has 5 heteroatoms. The molecule has 19 heavy (non-hydrogen) atoms. The van der Waals surface area contributed by atoms with Crippen LogP contribution in [0.4, 0.5) is 0 Å². The van der Waals surface area contributed by atoms with Crippen LogP contribution in [-0.4, -0.2) is 13.0 Å². The van der Waals surface area contributed by atoms with Crippen LogP contribution in [0.25, 0.3) is 0 Å². The fraction of sp³-hybridized carbons (Fsp3) is 0.286. The highest BCUT2D eigenvalue weighted by atomic mass is 32.2. The van der Waals surface area contributed by atoms with Crippen molar-refractivity contribution in [1.82, 2.24) is 0 Å². The summed E-state index contributed by atoms with van der Waals surface area (Å²) < 4.78 is 32.2. The average molecular weight is 296 g/mol. The van der Waals surface area contributed by atoms with Gasteiger partial charge in [0.15, 0.2) is 0 Å². The summed E-state index contributed by atoms with van der Waals surface area (Å²) in [6.45, 7) is 2.03. The summed E-state index contributed by atoms with van der Waals surface area (Å²) >= 11 is 1.66. The molecule has 0 amide bonds. The first-order chi connectivity index (χ1) is 9.02. The zero-order valence-electron chi connectivity index (χ0n) is 10.6. The van der Waals surface area contributed by atoms with Crippen molar-refractivity contribution in [3.8, 4) is 0 Å². The molecule has 0 aliphatic heterocycles. The van der Waals surface area contributed by atoms with E-state index in [2.05, 4.69) is 0 Å². The van der Waals surface area contributed by atoms with Crippen molar-refractivity contribution >= 4 is 21.5 Å². The van der Waals surface area contributed by atoms with E-state index in [9.17, 15) is 13.0 Å². The van der Waals surface area contributed by atoms with Crippen LogP contribution in [0, 0.1) is 0 Å². The van der Waals surface area contributed by atoms with E-state index in [1.54, 1.807) is 29.5 Å². The molecule has 2 rings (SSSR count). The second-order valence-corrected chi connectivity index (χ2v) is 6.82. The second-order valence-electron chi connectivity index (χ2n) is 4.40. The molecule has 1 aromatic heterocycles. The lowest BCUT2D eigenvalue weighted by Crippen LogP contribution is -2.08. The number of rotatable bonds is 5. The van der Waals surface area contributed by atoms with Crippen LogP contribution >= 0.6 is 11.3 Å². The smallest absolute Gasteiger partial charge is 0.282 e. The molecule has 0 bridgehead atoms. The predicted molar refractivity (Wildman–Crippen MR) is 77.3 cm³/mol. The van der Waals surface area contributed by atoms with Crippen LogP contribution in [0.15, 0.2) is 46.7 Å². The highest BCUT2D eigenvalue weighted by Crippen LogP contribution is 2.30. The van der Waals surface area contributed by atoms with Gasteiger partial charge in [0.2, 0.25) is 0 Å². The number of hydrogen-bond acceptors (Lipinski definition) is 3. The molecule has 0 aliphatic rings. The van der Waals surface area contributed by atoms with Crippen molar-refractivity contribution in [3.05, 3.63) is 52.2 Å². The summed E-state index contributed by atoms with van der Waals surface area (Å²) in [5, 5.41) is 2.01.